The van der Waals surface area contributed by atoms with Gasteiger partial charge >= 0.3 is 7.12 Å². The first-order valence-electron chi connectivity index (χ1n) is 7.27. The summed E-state index contributed by atoms with van der Waals surface area (Å²) < 4.78 is 0. The molecule has 0 saturated heterocycles. The summed E-state index contributed by atoms with van der Waals surface area (Å²) in [5, 5.41) is 26.3. The van der Waals surface area contributed by atoms with Gasteiger partial charge in [0.15, 0.2) is 0 Å². The van der Waals surface area contributed by atoms with Crippen LogP contribution in [0.3, 0.4) is 0 Å². The molecule has 0 aromatic heterocycles. The fraction of sp³-hybridized carbons (Fsp3) is 0.111. The summed E-state index contributed by atoms with van der Waals surface area (Å²) >= 11 is 0. The van der Waals surface area contributed by atoms with Gasteiger partial charge < -0.3 is 10.0 Å². The third-order valence-corrected chi connectivity index (χ3v) is 4.31. The van der Waals surface area contributed by atoms with Crippen LogP contribution < -0.4 is 15.9 Å². The van der Waals surface area contributed by atoms with Crippen LogP contribution >= 0.6 is 0 Å². The van der Waals surface area contributed by atoms with Gasteiger partial charge in [-0.2, -0.15) is 0 Å². The minimum Gasteiger partial charge on any atom is -0.423 e. The van der Waals surface area contributed by atoms with Crippen molar-refractivity contribution in [3.05, 3.63) is 52.9 Å². The molecule has 0 fully saturated rings. The maximum Gasteiger partial charge on any atom is 0.489 e. The van der Waals surface area contributed by atoms with Gasteiger partial charge in [0.25, 0.3) is 0 Å². The lowest BCUT2D eigenvalue weighted by Gasteiger charge is -2.13. The minimum absolute atomic E-state index is 0.584. The van der Waals surface area contributed by atoms with E-state index >= 15 is 0 Å². The lowest BCUT2D eigenvalue weighted by atomic mass is 9.75. The number of hydrogen-bond donors (Lipinski definition) is 2. The van der Waals surface area contributed by atoms with Crippen LogP contribution in [0, 0.1) is 0 Å². The van der Waals surface area contributed by atoms with E-state index in [-0.39, 0.29) is 0 Å². The Hall–Kier alpha value is -2.10. The Balaban J connectivity index is 2.39. The molecule has 3 aromatic rings. The van der Waals surface area contributed by atoms with Crippen LogP contribution in [0.4, 0.5) is 0 Å². The van der Waals surface area contributed by atoms with Crippen molar-refractivity contribution in [1.29, 1.82) is 0 Å². The maximum absolute atomic E-state index is 9.73. The van der Waals surface area contributed by atoms with E-state index < -0.39 is 7.12 Å². The second-order valence-electron chi connectivity index (χ2n) is 5.50. The molecule has 0 radical (unpaired) electrons. The Labute approximate surface area is 122 Å². The molecule has 4 rings (SSSR count). The first kappa shape index (κ1) is 12.6. The van der Waals surface area contributed by atoms with Gasteiger partial charge in [-0.25, -0.2) is 0 Å². The second-order valence-corrected chi connectivity index (χ2v) is 5.50. The van der Waals surface area contributed by atoms with Crippen molar-refractivity contribution < 1.29 is 10.0 Å². The van der Waals surface area contributed by atoms with Crippen molar-refractivity contribution in [3.8, 4) is 0 Å². The summed E-state index contributed by atoms with van der Waals surface area (Å²) in [6.45, 7) is 0. The quantitative estimate of drug-likeness (QED) is 0.514. The minimum atomic E-state index is -1.45. The summed E-state index contributed by atoms with van der Waals surface area (Å²) in [6.07, 6.45) is 6.51. The summed E-state index contributed by atoms with van der Waals surface area (Å²) in [4.78, 5) is 0. The number of rotatable bonds is 1. The SMILES string of the molecule is OB(O)c1cccc2c1c1c(c3ccccc32)=CCCC=1. The van der Waals surface area contributed by atoms with E-state index in [1.807, 2.05) is 12.1 Å². The van der Waals surface area contributed by atoms with Crippen LogP contribution in [0.1, 0.15) is 12.8 Å². The first-order chi connectivity index (χ1) is 10.3. The molecular weight excluding hydrogens is 259 g/mol. The van der Waals surface area contributed by atoms with E-state index in [2.05, 4.69) is 36.4 Å². The van der Waals surface area contributed by atoms with Gasteiger partial charge in [-0.05, 0) is 50.3 Å². The van der Waals surface area contributed by atoms with Gasteiger partial charge in [-0.3, -0.25) is 0 Å². The first-order valence-corrected chi connectivity index (χ1v) is 7.27. The van der Waals surface area contributed by atoms with Gasteiger partial charge in [0.05, 0.1) is 0 Å². The fourth-order valence-corrected chi connectivity index (χ4v) is 3.43. The molecule has 0 amide bonds. The van der Waals surface area contributed by atoms with Crippen molar-refractivity contribution in [2.45, 2.75) is 12.8 Å². The van der Waals surface area contributed by atoms with E-state index in [1.54, 1.807) is 6.07 Å². The Morgan fingerprint density at radius 3 is 2.14 bits per heavy atom. The summed E-state index contributed by atoms with van der Waals surface area (Å²) in [5.74, 6) is 0. The van der Waals surface area contributed by atoms with Gasteiger partial charge in [0, 0.05) is 0 Å². The highest BCUT2D eigenvalue weighted by molar-refractivity contribution is 6.62. The number of fused-ring (bicyclic) bond motifs is 6. The van der Waals surface area contributed by atoms with Crippen molar-refractivity contribution in [3.63, 3.8) is 0 Å². The van der Waals surface area contributed by atoms with Crippen LogP contribution in [-0.2, 0) is 0 Å². The highest BCUT2D eigenvalue weighted by Crippen LogP contribution is 2.20. The third kappa shape index (κ3) is 1.82. The van der Waals surface area contributed by atoms with Crippen LogP contribution in [-0.4, -0.2) is 17.2 Å². The Kier molecular flexibility index (Phi) is 2.84. The molecular formula is C18H15BO2. The number of benzene rings is 3. The predicted octanol–water partition coefficient (Wildman–Crippen LogP) is 1.03. The lowest BCUT2D eigenvalue weighted by Crippen LogP contribution is -2.38. The van der Waals surface area contributed by atoms with E-state index in [4.69, 9.17) is 0 Å². The average molecular weight is 274 g/mol. The monoisotopic (exact) mass is 274 g/mol. The van der Waals surface area contributed by atoms with Gasteiger partial charge in [0.1, 0.15) is 0 Å². The van der Waals surface area contributed by atoms with Crippen LogP contribution in [0.5, 0.6) is 0 Å². The molecule has 0 atom stereocenters. The zero-order valence-electron chi connectivity index (χ0n) is 11.6. The molecule has 3 heteroatoms. The maximum atomic E-state index is 9.73. The molecule has 2 N–H and O–H groups in total. The highest BCUT2D eigenvalue weighted by Gasteiger charge is 2.17. The molecule has 102 valence electrons. The lowest BCUT2D eigenvalue weighted by molar-refractivity contribution is 0.426. The standard InChI is InChI=1S/C18H15BO2/c20-19(21)17-11-5-10-16-14-7-2-1-6-12(14)13-8-3-4-9-15(13)18(16)17/h1-2,5-11,20-21H,3-4H2. The molecule has 0 aliphatic heterocycles. The van der Waals surface area contributed by atoms with Crippen molar-refractivity contribution in [1.82, 2.24) is 0 Å². The molecule has 2 nitrogen and oxygen atoms in total. The smallest absolute Gasteiger partial charge is 0.423 e. The van der Waals surface area contributed by atoms with Crippen LogP contribution in [0.25, 0.3) is 33.7 Å². The molecule has 1 aliphatic rings. The van der Waals surface area contributed by atoms with Crippen molar-refractivity contribution in [2.24, 2.45) is 0 Å². The largest absolute Gasteiger partial charge is 0.489 e. The predicted molar refractivity (Wildman–Crippen MR) is 88.7 cm³/mol. The van der Waals surface area contributed by atoms with Gasteiger partial charge in [-0.15, -0.1) is 0 Å². The molecule has 3 aromatic carbocycles. The van der Waals surface area contributed by atoms with E-state index in [1.165, 1.54) is 16.0 Å². The van der Waals surface area contributed by atoms with E-state index in [0.29, 0.717) is 5.46 Å². The van der Waals surface area contributed by atoms with Crippen LogP contribution in [0.15, 0.2) is 42.5 Å². The molecule has 0 spiro atoms. The zero-order valence-corrected chi connectivity index (χ0v) is 11.6. The summed E-state index contributed by atoms with van der Waals surface area (Å²) in [5.41, 5.74) is 0.584. The molecule has 0 saturated carbocycles. The third-order valence-electron chi connectivity index (χ3n) is 4.31. The summed E-state index contributed by atoms with van der Waals surface area (Å²) in [7, 11) is -1.45. The Morgan fingerprint density at radius 1 is 0.714 bits per heavy atom. The van der Waals surface area contributed by atoms with Crippen molar-refractivity contribution >= 4 is 46.3 Å². The zero-order chi connectivity index (χ0) is 14.4. The van der Waals surface area contributed by atoms with Gasteiger partial charge in [-0.1, -0.05) is 54.6 Å². The molecule has 21 heavy (non-hydrogen) atoms. The topological polar surface area (TPSA) is 40.5 Å². The highest BCUT2D eigenvalue weighted by atomic mass is 16.4. The average Bonchev–Trinajstić information content (AvgIpc) is 2.54. The molecule has 0 unspecified atom stereocenters. The Morgan fingerprint density at radius 2 is 1.38 bits per heavy atom. The molecule has 1 aliphatic carbocycles. The molecule has 0 bridgehead atoms. The fourth-order valence-electron chi connectivity index (χ4n) is 3.43. The van der Waals surface area contributed by atoms with E-state index in [9.17, 15) is 10.0 Å². The van der Waals surface area contributed by atoms with Crippen molar-refractivity contribution in [2.75, 3.05) is 0 Å². The van der Waals surface area contributed by atoms with Crippen LogP contribution in [0.2, 0.25) is 0 Å². The number of hydrogen-bond acceptors (Lipinski definition) is 2. The summed E-state index contributed by atoms with van der Waals surface area (Å²) in [6, 6.07) is 14.1. The second kappa shape index (κ2) is 4.73. The van der Waals surface area contributed by atoms with Gasteiger partial charge in [0.2, 0.25) is 0 Å². The normalized spacial score (nSPS) is 13.6. The molecule has 0 heterocycles. The van der Waals surface area contributed by atoms with E-state index in [0.717, 1.165) is 28.8 Å². The Bertz CT molecular complexity index is 974.